The first kappa shape index (κ1) is 16.8. The zero-order valence-corrected chi connectivity index (χ0v) is 14.7. The summed E-state index contributed by atoms with van der Waals surface area (Å²) in [6.45, 7) is 11.7. The fraction of sp³-hybridized carbons (Fsp3) is 0.833. The van der Waals surface area contributed by atoms with Gasteiger partial charge in [0.25, 0.3) is 0 Å². The molecule has 0 saturated carbocycles. The Morgan fingerprint density at radius 2 is 2.00 bits per heavy atom. The summed E-state index contributed by atoms with van der Waals surface area (Å²) in [6, 6.07) is 0. The molecule has 2 atom stereocenters. The molecule has 1 saturated heterocycles. The van der Waals surface area contributed by atoms with E-state index in [9.17, 15) is 0 Å². The van der Waals surface area contributed by atoms with E-state index in [0.717, 1.165) is 13.0 Å². The molecular formula is C12H22Cl3NOSi. The van der Waals surface area contributed by atoms with Gasteiger partial charge in [0.05, 0.1) is 0 Å². The van der Waals surface area contributed by atoms with Crippen LogP contribution in [0.4, 0.5) is 0 Å². The molecule has 0 N–H and O–H groups in total. The van der Waals surface area contributed by atoms with Crippen molar-refractivity contribution >= 4 is 43.1 Å². The number of hydrogen-bond acceptors (Lipinski definition) is 2. The molecule has 0 radical (unpaired) electrons. The zero-order valence-electron chi connectivity index (χ0n) is 11.5. The van der Waals surface area contributed by atoms with Gasteiger partial charge in [0.2, 0.25) is 3.79 Å². The van der Waals surface area contributed by atoms with E-state index in [4.69, 9.17) is 39.2 Å². The minimum atomic E-state index is -1.82. The molecule has 1 fully saturated rings. The Morgan fingerprint density at radius 1 is 1.44 bits per heavy atom. The van der Waals surface area contributed by atoms with Crippen molar-refractivity contribution < 1.29 is 4.43 Å². The molecule has 0 aromatic rings. The largest absolute Gasteiger partial charge is 0.406 e. The molecule has 106 valence electrons. The smallest absolute Gasteiger partial charge is 0.219 e. The SMILES string of the molecule is C=CC[C@H]1CN(C)CC1(O[Si](C)(C)C)C(Cl)(Cl)Cl. The lowest BCUT2D eigenvalue weighted by molar-refractivity contribution is 0.0367. The van der Waals surface area contributed by atoms with Gasteiger partial charge in [-0.25, -0.2) is 0 Å². The lowest BCUT2D eigenvalue weighted by atomic mass is 9.89. The van der Waals surface area contributed by atoms with Crippen LogP contribution in [0.15, 0.2) is 12.7 Å². The standard InChI is InChI=1S/C12H22Cl3NOSi/c1-6-7-10-8-16(2)9-11(10,12(13,14)15)17-18(3,4)5/h6,10H,1,7-9H2,2-5H3/t10-,11?/m0/s1. The first-order valence-corrected chi connectivity index (χ1v) is 10.6. The number of nitrogens with zero attached hydrogens (tertiary/aromatic N) is 1. The summed E-state index contributed by atoms with van der Waals surface area (Å²) in [5, 5.41) is 0. The van der Waals surface area contributed by atoms with Crippen molar-refractivity contribution in [3.05, 3.63) is 12.7 Å². The van der Waals surface area contributed by atoms with E-state index in [-0.39, 0.29) is 5.92 Å². The van der Waals surface area contributed by atoms with Crippen molar-refractivity contribution in [3.63, 3.8) is 0 Å². The third-order valence-electron chi connectivity index (χ3n) is 3.12. The lowest BCUT2D eigenvalue weighted by Crippen LogP contribution is -2.57. The number of rotatable bonds is 4. The maximum atomic E-state index is 6.34. The molecule has 6 heteroatoms. The monoisotopic (exact) mass is 329 g/mol. The second-order valence-corrected chi connectivity index (χ2v) is 12.7. The van der Waals surface area contributed by atoms with Crippen molar-refractivity contribution in [1.29, 1.82) is 0 Å². The second-order valence-electron chi connectivity index (χ2n) is 6.02. The predicted molar refractivity (Wildman–Crippen MR) is 83.3 cm³/mol. The minimum Gasteiger partial charge on any atom is -0.406 e. The van der Waals surface area contributed by atoms with Gasteiger partial charge < -0.3 is 9.33 Å². The van der Waals surface area contributed by atoms with Crippen LogP contribution in [0.3, 0.4) is 0 Å². The highest BCUT2D eigenvalue weighted by Gasteiger charge is 2.59. The Labute approximate surface area is 126 Å². The normalized spacial score (nSPS) is 30.7. The molecule has 1 rings (SSSR count). The number of halogens is 3. The molecule has 0 spiro atoms. The van der Waals surface area contributed by atoms with Gasteiger partial charge in [-0.15, -0.1) is 6.58 Å². The van der Waals surface area contributed by atoms with Crippen LogP contribution in [0.5, 0.6) is 0 Å². The van der Waals surface area contributed by atoms with Crippen LogP contribution >= 0.6 is 34.8 Å². The van der Waals surface area contributed by atoms with Gasteiger partial charge in [-0.1, -0.05) is 40.9 Å². The van der Waals surface area contributed by atoms with Gasteiger partial charge in [0.1, 0.15) is 5.60 Å². The van der Waals surface area contributed by atoms with Crippen LogP contribution in [0, 0.1) is 5.92 Å². The third-order valence-corrected chi connectivity index (χ3v) is 5.05. The summed E-state index contributed by atoms with van der Waals surface area (Å²) in [5.74, 6) is 0.166. The number of likely N-dealkylation sites (tertiary alicyclic amines) is 1. The fourth-order valence-corrected chi connectivity index (χ4v) is 5.05. The van der Waals surface area contributed by atoms with Crippen LogP contribution in [-0.2, 0) is 4.43 Å². The predicted octanol–water partition coefficient (Wildman–Crippen LogP) is 4.08. The van der Waals surface area contributed by atoms with Crippen LogP contribution in [0.2, 0.25) is 19.6 Å². The van der Waals surface area contributed by atoms with E-state index in [0.29, 0.717) is 6.54 Å². The van der Waals surface area contributed by atoms with Gasteiger partial charge in [-0.05, 0) is 33.1 Å². The first-order valence-electron chi connectivity index (χ1n) is 6.08. The van der Waals surface area contributed by atoms with Crippen LogP contribution in [-0.4, -0.2) is 42.7 Å². The van der Waals surface area contributed by atoms with E-state index in [1.807, 2.05) is 13.1 Å². The fourth-order valence-electron chi connectivity index (χ4n) is 2.63. The Morgan fingerprint density at radius 3 is 2.39 bits per heavy atom. The highest BCUT2D eigenvalue weighted by molar-refractivity contribution is 6.71. The lowest BCUT2D eigenvalue weighted by Gasteiger charge is -2.44. The van der Waals surface area contributed by atoms with Crippen molar-refractivity contribution in [2.75, 3.05) is 20.1 Å². The third kappa shape index (κ3) is 3.65. The molecule has 1 heterocycles. The maximum absolute atomic E-state index is 6.34. The van der Waals surface area contributed by atoms with E-state index < -0.39 is 17.7 Å². The summed E-state index contributed by atoms with van der Waals surface area (Å²) >= 11 is 18.8. The number of alkyl halides is 3. The average Bonchev–Trinajstić information content (AvgIpc) is 2.40. The molecule has 0 aromatic carbocycles. The highest BCUT2D eigenvalue weighted by Crippen LogP contribution is 2.51. The Hall–Kier alpha value is 0.747. The van der Waals surface area contributed by atoms with Gasteiger partial charge in [-0.2, -0.15) is 0 Å². The Balaban J connectivity index is 3.14. The molecule has 1 aliphatic heterocycles. The topological polar surface area (TPSA) is 12.5 Å². The molecule has 0 bridgehead atoms. The molecule has 2 nitrogen and oxygen atoms in total. The minimum absolute atomic E-state index is 0.166. The van der Waals surface area contributed by atoms with E-state index in [1.165, 1.54) is 0 Å². The van der Waals surface area contributed by atoms with Crippen molar-refractivity contribution in [2.24, 2.45) is 5.92 Å². The van der Waals surface area contributed by atoms with Crippen LogP contribution < -0.4 is 0 Å². The van der Waals surface area contributed by atoms with E-state index in [1.54, 1.807) is 0 Å². The quantitative estimate of drug-likeness (QED) is 0.437. The second kappa shape index (κ2) is 5.62. The number of allylic oxidation sites excluding steroid dienone is 1. The van der Waals surface area contributed by atoms with E-state index >= 15 is 0 Å². The Kier molecular flexibility index (Phi) is 5.25. The number of likely N-dealkylation sites (N-methyl/N-ethyl adjacent to an activating group) is 1. The molecular weight excluding hydrogens is 309 g/mol. The summed E-state index contributed by atoms with van der Waals surface area (Å²) in [7, 11) is 0.210. The van der Waals surface area contributed by atoms with Crippen molar-refractivity contribution in [2.45, 2.75) is 35.5 Å². The van der Waals surface area contributed by atoms with Gasteiger partial charge >= 0.3 is 0 Å². The zero-order chi connectivity index (χ0) is 14.2. The molecule has 0 amide bonds. The first-order chi connectivity index (χ1) is 8.02. The van der Waals surface area contributed by atoms with E-state index in [2.05, 4.69) is 31.1 Å². The van der Waals surface area contributed by atoms with Gasteiger partial charge in [-0.3, -0.25) is 0 Å². The molecule has 0 aromatic heterocycles. The molecule has 0 aliphatic carbocycles. The summed E-state index contributed by atoms with van der Waals surface area (Å²) < 4.78 is 4.92. The summed E-state index contributed by atoms with van der Waals surface area (Å²) in [6.07, 6.45) is 2.67. The van der Waals surface area contributed by atoms with Crippen LogP contribution in [0.25, 0.3) is 0 Å². The molecule has 1 aliphatic rings. The van der Waals surface area contributed by atoms with Crippen molar-refractivity contribution in [3.8, 4) is 0 Å². The average molecular weight is 331 g/mol. The summed E-state index contributed by atoms with van der Waals surface area (Å²) in [4.78, 5) is 2.16. The van der Waals surface area contributed by atoms with Crippen LogP contribution in [0.1, 0.15) is 6.42 Å². The Bertz CT molecular complexity index is 313. The number of hydrogen-bond donors (Lipinski definition) is 0. The highest BCUT2D eigenvalue weighted by atomic mass is 35.6. The van der Waals surface area contributed by atoms with Gasteiger partial charge in [0, 0.05) is 19.0 Å². The summed E-state index contributed by atoms with van der Waals surface area (Å²) in [5.41, 5.74) is -0.731. The molecule has 1 unspecified atom stereocenters. The maximum Gasteiger partial charge on any atom is 0.219 e. The van der Waals surface area contributed by atoms with Crippen molar-refractivity contribution in [1.82, 2.24) is 4.90 Å². The van der Waals surface area contributed by atoms with Gasteiger partial charge in [0.15, 0.2) is 8.32 Å². The molecule has 18 heavy (non-hydrogen) atoms.